The molecule has 318 valence electrons. The molecule has 0 N–H and O–H groups in total. The standard InChI is InChI=1S/C44H84NO8P/c1-6-8-10-12-14-16-18-20-22-24-26-28-30-32-34-36-43(46)50-40-42(41-52-54(48,49)51-39-38-45(3,4)5)53-44(47)37-35-33-31-29-27-25-23-21-19-17-15-13-11-9-7-2/h10-13,42H,6-9,14-41H2,1-5H3/b12-10-,13-11-/t42-/m1/s1. The summed E-state index contributed by atoms with van der Waals surface area (Å²) in [5.41, 5.74) is 0. The number of hydrogen-bond acceptors (Lipinski definition) is 8. The third kappa shape index (κ3) is 40.2. The minimum Gasteiger partial charge on any atom is -0.756 e. The maximum absolute atomic E-state index is 12.7. The highest BCUT2D eigenvalue weighted by Crippen LogP contribution is 2.38. The number of rotatable bonds is 40. The molecule has 0 aliphatic heterocycles. The van der Waals surface area contributed by atoms with Crippen molar-refractivity contribution in [2.75, 3.05) is 47.5 Å². The summed E-state index contributed by atoms with van der Waals surface area (Å²) in [5, 5.41) is 0. The molecule has 54 heavy (non-hydrogen) atoms. The average molecular weight is 786 g/mol. The van der Waals surface area contributed by atoms with Crippen molar-refractivity contribution in [3.8, 4) is 0 Å². The van der Waals surface area contributed by atoms with E-state index >= 15 is 0 Å². The monoisotopic (exact) mass is 786 g/mol. The van der Waals surface area contributed by atoms with Crippen LogP contribution in [-0.2, 0) is 32.7 Å². The van der Waals surface area contributed by atoms with Crippen molar-refractivity contribution >= 4 is 19.8 Å². The minimum atomic E-state index is -4.62. The summed E-state index contributed by atoms with van der Waals surface area (Å²) in [6, 6.07) is 0. The van der Waals surface area contributed by atoms with Crippen LogP contribution in [0.4, 0.5) is 0 Å². The normalized spacial score (nSPS) is 13.8. The van der Waals surface area contributed by atoms with Crippen molar-refractivity contribution in [2.24, 2.45) is 0 Å². The number of esters is 2. The van der Waals surface area contributed by atoms with E-state index in [0.717, 1.165) is 38.5 Å². The first-order valence-electron chi connectivity index (χ1n) is 22.0. The number of hydrogen-bond donors (Lipinski definition) is 0. The molecule has 0 rings (SSSR count). The Morgan fingerprint density at radius 2 is 0.944 bits per heavy atom. The van der Waals surface area contributed by atoms with E-state index in [1.807, 2.05) is 21.1 Å². The minimum absolute atomic E-state index is 0.0298. The van der Waals surface area contributed by atoms with Crippen LogP contribution in [0.1, 0.15) is 194 Å². The summed E-state index contributed by atoms with van der Waals surface area (Å²) in [7, 11) is 1.17. The Bertz CT molecular complexity index is 980. The molecule has 0 aliphatic carbocycles. The Labute approximate surface area is 332 Å². The van der Waals surface area contributed by atoms with Gasteiger partial charge in [-0.05, 0) is 51.4 Å². The SMILES string of the molecule is CCC/C=C\CCCCCCCCCCCCC(=O)OC[C@H](COP(=O)([O-])OCC[N+](C)(C)C)OC(=O)CCCCCCCCCCCC/C=C\CCC. The van der Waals surface area contributed by atoms with Crippen LogP contribution >= 0.6 is 7.82 Å². The Hall–Kier alpha value is -1.51. The zero-order chi connectivity index (χ0) is 40.0. The third-order valence-corrected chi connectivity index (χ3v) is 10.4. The predicted octanol–water partition coefficient (Wildman–Crippen LogP) is 11.7. The molecule has 0 saturated carbocycles. The predicted molar refractivity (Wildman–Crippen MR) is 222 cm³/mol. The van der Waals surface area contributed by atoms with E-state index in [-0.39, 0.29) is 32.0 Å². The van der Waals surface area contributed by atoms with Gasteiger partial charge in [-0.15, -0.1) is 0 Å². The molecule has 2 atom stereocenters. The molecule has 10 heteroatoms. The number of allylic oxidation sites excluding steroid dienone is 4. The molecular formula is C44H84NO8P. The van der Waals surface area contributed by atoms with Gasteiger partial charge in [0.25, 0.3) is 7.82 Å². The summed E-state index contributed by atoms with van der Waals surface area (Å²) >= 11 is 0. The summed E-state index contributed by atoms with van der Waals surface area (Å²) in [6.45, 7) is 4.14. The first-order chi connectivity index (χ1) is 26.0. The molecule has 0 heterocycles. The Kier molecular flexibility index (Phi) is 36.1. The van der Waals surface area contributed by atoms with E-state index in [2.05, 4.69) is 38.2 Å². The highest BCUT2D eigenvalue weighted by molar-refractivity contribution is 7.45. The van der Waals surface area contributed by atoms with E-state index in [1.165, 1.54) is 122 Å². The lowest BCUT2D eigenvalue weighted by molar-refractivity contribution is -0.870. The van der Waals surface area contributed by atoms with E-state index < -0.39 is 26.5 Å². The van der Waals surface area contributed by atoms with Crippen molar-refractivity contribution < 1.29 is 42.1 Å². The van der Waals surface area contributed by atoms with E-state index in [0.29, 0.717) is 17.4 Å². The van der Waals surface area contributed by atoms with Crippen LogP contribution in [0, 0.1) is 0 Å². The van der Waals surface area contributed by atoms with Crippen molar-refractivity contribution in [3.05, 3.63) is 24.3 Å². The maximum Gasteiger partial charge on any atom is 0.306 e. The molecule has 0 saturated heterocycles. The van der Waals surface area contributed by atoms with Crippen molar-refractivity contribution in [3.63, 3.8) is 0 Å². The van der Waals surface area contributed by atoms with Gasteiger partial charge in [-0.1, -0.05) is 154 Å². The van der Waals surface area contributed by atoms with Gasteiger partial charge >= 0.3 is 11.9 Å². The van der Waals surface area contributed by atoms with Crippen LogP contribution in [0.5, 0.6) is 0 Å². The van der Waals surface area contributed by atoms with Gasteiger partial charge in [0.15, 0.2) is 6.10 Å². The number of likely N-dealkylation sites (N-methyl/N-ethyl adjacent to an activating group) is 1. The molecule has 0 fully saturated rings. The van der Waals surface area contributed by atoms with Crippen LogP contribution in [0.2, 0.25) is 0 Å². The molecule has 1 unspecified atom stereocenters. The van der Waals surface area contributed by atoms with Crippen LogP contribution < -0.4 is 4.89 Å². The lowest BCUT2D eigenvalue weighted by Crippen LogP contribution is -2.37. The summed E-state index contributed by atoms with van der Waals surface area (Å²) in [4.78, 5) is 37.5. The van der Waals surface area contributed by atoms with Crippen molar-refractivity contribution in [1.29, 1.82) is 0 Å². The number of unbranched alkanes of at least 4 members (excludes halogenated alkanes) is 22. The molecule has 0 aromatic heterocycles. The highest BCUT2D eigenvalue weighted by Gasteiger charge is 2.21. The lowest BCUT2D eigenvalue weighted by atomic mass is 10.0. The van der Waals surface area contributed by atoms with E-state index in [9.17, 15) is 19.0 Å². The maximum atomic E-state index is 12.7. The van der Waals surface area contributed by atoms with Gasteiger partial charge in [-0.25, -0.2) is 0 Å². The smallest absolute Gasteiger partial charge is 0.306 e. The zero-order valence-electron chi connectivity index (χ0n) is 35.7. The molecule has 9 nitrogen and oxygen atoms in total. The largest absolute Gasteiger partial charge is 0.756 e. The van der Waals surface area contributed by atoms with Gasteiger partial charge in [0.1, 0.15) is 19.8 Å². The highest BCUT2D eigenvalue weighted by atomic mass is 31.2. The molecule has 0 aromatic rings. The van der Waals surface area contributed by atoms with Gasteiger partial charge in [-0.2, -0.15) is 0 Å². The summed E-state index contributed by atoms with van der Waals surface area (Å²) in [6.07, 6.45) is 39.1. The first-order valence-corrected chi connectivity index (χ1v) is 23.5. The number of nitrogens with zero attached hydrogens (tertiary/aromatic N) is 1. The number of ether oxygens (including phenoxy) is 2. The van der Waals surface area contributed by atoms with Crippen LogP contribution in [0.3, 0.4) is 0 Å². The quantitative estimate of drug-likeness (QED) is 0.0198. The zero-order valence-corrected chi connectivity index (χ0v) is 36.6. The second-order valence-electron chi connectivity index (χ2n) is 16.1. The van der Waals surface area contributed by atoms with Crippen molar-refractivity contribution in [2.45, 2.75) is 200 Å². The fourth-order valence-electron chi connectivity index (χ4n) is 5.95. The van der Waals surface area contributed by atoms with Gasteiger partial charge < -0.3 is 27.9 Å². The second kappa shape index (κ2) is 37.1. The van der Waals surface area contributed by atoms with Gasteiger partial charge in [0.2, 0.25) is 0 Å². The van der Waals surface area contributed by atoms with Gasteiger partial charge in [-0.3, -0.25) is 14.2 Å². The molecule has 0 aliphatic rings. The topological polar surface area (TPSA) is 111 Å². The third-order valence-electron chi connectivity index (χ3n) is 9.41. The molecule has 0 spiro atoms. The lowest BCUT2D eigenvalue weighted by Gasteiger charge is -2.28. The first kappa shape index (κ1) is 52.5. The molecule has 0 radical (unpaired) electrons. The Morgan fingerprint density at radius 1 is 0.556 bits per heavy atom. The number of quaternary nitrogens is 1. The molecular weight excluding hydrogens is 701 g/mol. The molecule has 0 bridgehead atoms. The fourth-order valence-corrected chi connectivity index (χ4v) is 6.68. The fraction of sp³-hybridized carbons (Fsp3) is 0.864. The molecule has 0 aromatic carbocycles. The second-order valence-corrected chi connectivity index (χ2v) is 17.5. The van der Waals surface area contributed by atoms with E-state index in [1.54, 1.807) is 0 Å². The van der Waals surface area contributed by atoms with Crippen LogP contribution in [0.25, 0.3) is 0 Å². The van der Waals surface area contributed by atoms with Crippen LogP contribution in [-0.4, -0.2) is 70.0 Å². The van der Waals surface area contributed by atoms with Gasteiger partial charge in [0.05, 0.1) is 27.7 Å². The average Bonchev–Trinajstić information content (AvgIpc) is 3.12. The summed E-state index contributed by atoms with van der Waals surface area (Å²) < 4.78 is 33.9. The van der Waals surface area contributed by atoms with Crippen molar-refractivity contribution in [1.82, 2.24) is 0 Å². The summed E-state index contributed by atoms with van der Waals surface area (Å²) in [5.74, 6) is -0.833. The number of phosphoric ester groups is 1. The Morgan fingerprint density at radius 3 is 1.37 bits per heavy atom. The Balaban J connectivity index is 4.33. The molecule has 0 amide bonds. The van der Waals surface area contributed by atoms with E-state index in [4.69, 9.17) is 18.5 Å². The van der Waals surface area contributed by atoms with Crippen LogP contribution in [0.15, 0.2) is 24.3 Å². The van der Waals surface area contributed by atoms with Gasteiger partial charge in [0, 0.05) is 12.8 Å². The number of carbonyl (C=O) groups excluding carboxylic acids is 2. The number of carbonyl (C=O) groups is 2. The number of phosphoric acid groups is 1.